The highest BCUT2D eigenvalue weighted by atomic mass is 19.4. The van der Waals surface area contributed by atoms with Crippen molar-refractivity contribution >= 4 is 23.2 Å². The summed E-state index contributed by atoms with van der Waals surface area (Å²) in [6.45, 7) is 1.32. The molecule has 7 N–H and O–H groups in total. The zero-order valence-corrected chi connectivity index (χ0v) is 23.5. The highest BCUT2D eigenvalue weighted by molar-refractivity contribution is 6.24. The van der Waals surface area contributed by atoms with E-state index in [1.165, 1.54) is 19.0 Å². The number of quaternary nitrogens is 1. The van der Waals surface area contributed by atoms with Crippen molar-refractivity contribution < 1.29 is 52.5 Å². The summed E-state index contributed by atoms with van der Waals surface area (Å²) in [5.74, 6) is -9.01. The third kappa shape index (κ3) is 4.07. The largest absolute Gasteiger partial charge is 0.508 e. The number of hydrogen-bond acceptors (Lipinski definition) is 9. The molecule has 1 saturated heterocycles. The lowest BCUT2D eigenvalue weighted by molar-refractivity contribution is -0.923. The minimum Gasteiger partial charge on any atom is -0.508 e. The number of carbonyl (C=O) groups excluding carboxylic acids is 3. The van der Waals surface area contributed by atoms with E-state index in [9.17, 15) is 48.0 Å². The molecule has 1 amide bonds. The molecule has 1 aromatic carbocycles. The highest BCUT2D eigenvalue weighted by Crippen LogP contribution is 2.55. The Bertz CT molecular complexity index is 1480. The number of phenolic OH excluding ortho intramolecular Hbond substituents is 1. The van der Waals surface area contributed by atoms with Crippen LogP contribution in [0.25, 0.3) is 5.76 Å². The minimum atomic E-state index is -4.90. The molecule has 1 aliphatic heterocycles. The number of hydrogen-bond donors (Lipinski definition) is 6. The van der Waals surface area contributed by atoms with Gasteiger partial charge in [-0.3, -0.25) is 19.3 Å². The predicted molar refractivity (Wildman–Crippen MR) is 142 cm³/mol. The van der Waals surface area contributed by atoms with Crippen LogP contribution in [0.15, 0.2) is 23.0 Å². The van der Waals surface area contributed by atoms with Crippen LogP contribution < -0.4 is 11.1 Å². The molecule has 5 atom stereocenters. The van der Waals surface area contributed by atoms with Crippen LogP contribution in [0.2, 0.25) is 0 Å². The number of aromatic hydroxyl groups is 1. The van der Waals surface area contributed by atoms with Gasteiger partial charge in [-0.25, -0.2) is 0 Å². The molecule has 11 nitrogen and oxygen atoms in total. The smallest absolute Gasteiger partial charge is 0.417 e. The molecule has 0 bridgehead atoms. The van der Waals surface area contributed by atoms with Gasteiger partial charge in [0.25, 0.3) is 5.91 Å². The van der Waals surface area contributed by atoms with E-state index < -0.39 is 105 Å². The van der Waals surface area contributed by atoms with Crippen molar-refractivity contribution in [1.82, 2.24) is 10.2 Å². The summed E-state index contributed by atoms with van der Waals surface area (Å²) in [4.78, 5) is 40.6. The molecule has 5 rings (SSSR count). The first-order valence-electron chi connectivity index (χ1n) is 13.5. The number of amides is 1. The quantitative estimate of drug-likeness (QED) is 0.217. The van der Waals surface area contributed by atoms with Crippen molar-refractivity contribution in [2.24, 2.45) is 17.6 Å². The van der Waals surface area contributed by atoms with Gasteiger partial charge < -0.3 is 36.0 Å². The van der Waals surface area contributed by atoms with Gasteiger partial charge in [0.1, 0.15) is 28.9 Å². The number of primary amides is 1. The molecule has 0 radical (unpaired) electrons. The van der Waals surface area contributed by atoms with Gasteiger partial charge in [-0.1, -0.05) is 0 Å². The fourth-order valence-corrected chi connectivity index (χ4v) is 7.44. The van der Waals surface area contributed by atoms with Crippen molar-refractivity contribution in [1.29, 1.82) is 0 Å². The second-order valence-electron chi connectivity index (χ2n) is 12.4. The normalized spacial score (nSPS) is 31.2. The number of fused-ring (bicyclic) bond motifs is 3. The van der Waals surface area contributed by atoms with Crippen LogP contribution in [-0.4, -0.2) is 107 Å². The van der Waals surface area contributed by atoms with Crippen LogP contribution >= 0.6 is 0 Å². The number of piperazine rings is 1. The number of benzene rings is 1. The maximum absolute atomic E-state index is 14.9. The number of ketones is 2. The molecular formula is C28H34F3N4O7+. The first kappa shape index (κ1) is 30.0. The van der Waals surface area contributed by atoms with E-state index in [1.54, 1.807) is 14.1 Å². The Hall–Kier alpha value is -3.46. The molecular weight excluding hydrogens is 561 g/mol. The number of rotatable bonds is 3. The summed E-state index contributed by atoms with van der Waals surface area (Å²) in [7, 11) is 6.47. The fourth-order valence-electron chi connectivity index (χ4n) is 7.44. The number of aliphatic hydroxyl groups excluding tert-OH is 2. The molecule has 14 heteroatoms. The molecule has 228 valence electrons. The predicted octanol–water partition coefficient (Wildman–Crippen LogP) is 0.704. The Morgan fingerprint density at radius 3 is 2.38 bits per heavy atom. The molecule has 1 heterocycles. The zero-order valence-electron chi connectivity index (χ0n) is 23.5. The van der Waals surface area contributed by atoms with Gasteiger partial charge >= 0.3 is 6.18 Å². The number of nitrogens with one attached hydrogen (secondary N) is 1. The summed E-state index contributed by atoms with van der Waals surface area (Å²) < 4.78 is 44.8. The van der Waals surface area contributed by atoms with E-state index in [4.69, 9.17) is 5.73 Å². The number of phenols is 1. The number of halogens is 3. The van der Waals surface area contributed by atoms with Gasteiger partial charge in [0.15, 0.2) is 11.4 Å². The van der Waals surface area contributed by atoms with E-state index in [2.05, 4.69) is 5.32 Å². The van der Waals surface area contributed by atoms with E-state index in [1.807, 2.05) is 0 Å². The van der Waals surface area contributed by atoms with Crippen LogP contribution in [0.5, 0.6) is 5.75 Å². The fraction of sp³-hybridized carbons (Fsp3) is 0.536. The Morgan fingerprint density at radius 2 is 1.83 bits per heavy atom. The number of Topliss-reactive ketones (excluding diaryl/α,β-unsaturated/α-hetero) is 2. The van der Waals surface area contributed by atoms with Crippen molar-refractivity contribution in [2.45, 2.75) is 36.7 Å². The first-order valence-corrected chi connectivity index (χ1v) is 13.5. The third-order valence-corrected chi connectivity index (χ3v) is 9.44. The zero-order chi connectivity index (χ0) is 31.3. The van der Waals surface area contributed by atoms with Gasteiger partial charge in [-0.15, -0.1) is 0 Å². The molecule has 1 unspecified atom stereocenters. The maximum Gasteiger partial charge on any atom is 0.417 e. The topological polar surface area (TPSA) is 173 Å². The maximum atomic E-state index is 14.9. The lowest BCUT2D eigenvalue weighted by Gasteiger charge is -2.50. The Kier molecular flexibility index (Phi) is 6.81. The lowest BCUT2D eigenvalue weighted by Crippen LogP contribution is -2.65. The summed E-state index contributed by atoms with van der Waals surface area (Å²) in [5, 5.41) is 48.1. The first-order chi connectivity index (χ1) is 19.4. The van der Waals surface area contributed by atoms with Gasteiger partial charge in [0.05, 0.1) is 44.4 Å². The second-order valence-corrected chi connectivity index (χ2v) is 12.4. The van der Waals surface area contributed by atoms with Crippen LogP contribution in [0.3, 0.4) is 0 Å². The third-order valence-electron chi connectivity index (χ3n) is 9.44. The van der Waals surface area contributed by atoms with E-state index in [0.717, 1.165) is 6.07 Å². The highest BCUT2D eigenvalue weighted by Gasteiger charge is 2.64. The van der Waals surface area contributed by atoms with Crippen LogP contribution in [-0.2, 0) is 27.0 Å². The molecule has 1 saturated carbocycles. The SMILES string of the molecule is CN(C)[C@@H]1C(=O)C(C(N)=O)=C(O)[C@@]2(O)C(=O)C3=C(O)c4c(O)cc(C5CNCC[N+]5(C)C)c(C(F)(F)F)c4C[C@H]3C[C@@H]12. The number of alkyl halides is 3. The molecule has 3 aliphatic carbocycles. The number of nitrogens with two attached hydrogens (primary N) is 1. The number of likely N-dealkylation sites (N-methyl/N-ethyl adjacent to an activating group) is 2. The van der Waals surface area contributed by atoms with E-state index in [0.29, 0.717) is 13.1 Å². The number of nitrogens with zero attached hydrogens (tertiary/aromatic N) is 2. The Labute approximate surface area is 239 Å². The summed E-state index contributed by atoms with van der Waals surface area (Å²) in [6.07, 6.45) is -5.65. The van der Waals surface area contributed by atoms with Crippen molar-refractivity contribution in [2.75, 3.05) is 47.8 Å². The molecule has 42 heavy (non-hydrogen) atoms. The summed E-state index contributed by atoms with van der Waals surface area (Å²) in [5.41, 5.74) is -1.19. The van der Waals surface area contributed by atoms with Gasteiger partial charge in [-0.2, -0.15) is 13.2 Å². The number of carbonyl (C=O) groups is 3. The minimum absolute atomic E-state index is 0.156. The average molecular weight is 596 g/mol. The van der Waals surface area contributed by atoms with Gasteiger partial charge in [0, 0.05) is 23.6 Å². The molecule has 0 aromatic heterocycles. The average Bonchev–Trinajstić information content (AvgIpc) is 2.84. The van der Waals surface area contributed by atoms with Crippen LogP contribution in [0.1, 0.15) is 34.7 Å². The second kappa shape index (κ2) is 9.53. The van der Waals surface area contributed by atoms with E-state index in [-0.39, 0.29) is 23.0 Å². The van der Waals surface area contributed by atoms with Crippen LogP contribution in [0, 0.1) is 11.8 Å². The van der Waals surface area contributed by atoms with Gasteiger partial charge in [0.2, 0.25) is 5.78 Å². The molecule has 1 aromatic rings. The molecule has 0 spiro atoms. The summed E-state index contributed by atoms with van der Waals surface area (Å²) in [6, 6.07) is -1.07. The van der Waals surface area contributed by atoms with Crippen molar-refractivity contribution in [3.05, 3.63) is 45.2 Å². The monoisotopic (exact) mass is 595 g/mol. The van der Waals surface area contributed by atoms with Gasteiger partial charge in [-0.05, 0) is 44.5 Å². The van der Waals surface area contributed by atoms with Crippen LogP contribution in [0.4, 0.5) is 13.2 Å². The van der Waals surface area contributed by atoms with Crippen molar-refractivity contribution in [3.63, 3.8) is 0 Å². The van der Waals surface area contributed by atoms with E-state index >= 15 is 0 Å². The summed E-state index contributed by atoms with van der Waals surface area (Å²) >= 11 is 0. The lowest BCUT2D eigenvalue weighted by atomic mass is 9.57. The molecule has 4 aliphatic rings. The number of aliphatic hydroxyl groups is 3. The van der Waals surface area contributed by atoms with Crippen molar-refractivity contribution in [3.8, 4) is 5.75 Å². The Balaban J connectivity index is 1.77. The Morgan fingerprint density at radius 1 is 1.19 bits per heavy atom. The molecule has 2 fully saturated rings. The standard InChI is InChI=1S/C28H33F3N4O7/c1-34(2)21-14-8-11-7-13-18(22(37)17(11)24(39)27(14,42)25(40)19(23(21)38)26(32)41)16(36)9-12(20(13)28(29,30)31)15-10-33-5-6-35(15,3)4/h9,11,14-15,21,33,42H,5-8,10H2,1-4H3,(H4-,32,36,37,38,39,40,41)/p+1/t11-,14-,15?,21-,27-/m0/s1.